The Hall–Kier alpha value is -2.95. The minimum atomic E-state index is -0.361. The summed E-state index contributed by atoms with van der Waals surface area (Å²) in [6, 6.07) is 31.0. The molecule has 3 rings (SSSR count). The summed E-state index contributed by atoms with van der Waals surface area (Å²) in [6.45, 7) is 5.53. The van der Waals surface area contributed by atoms with Crippen LogP contribution in [0.4, 0.5) is 5.69 Å². The van der Waals surface area contributed by atoms with Crippen LogP contribution in [0.25, 0.3) is 0 Å². The SMILES string of the molecule is CCOC(CN=C(Nc1ccccc1)C(c1ccccc1)c1ccccc1)OCC. The number of rotatable bonds is 10. The van der Waals surface area contributed by atoms with Crippen molar-refractivity contribution in [3.05, 3.63) is 102 Å². The van der Waals surface area contributed by atoms with Gasteiger partial charge in [0.05, 0.1) is 12.5 Å². The smallest absolute Gasteiger partial charge is 0.176 e. The van der Waals surface area contributed by atoms with Gasteiger partial charge in [0, 0.05) is 18.9 Å². The van der Waals surface area contributed by atoms with E-state index in [-0.39, 0.29) is 12.2 Å². The monoisotopic (exact) mass is 402 g/mol. The Morgan fingerprint density at radius 3 is 1.67 bits per heavy atom. The first kappa shape index (κ1) is 21.8. The van der Waals surface area contributed by atoms with E-state index in [2.05, 4.69) is 53.8 Å². The molecule has 0 amide bonds. The number of ether oxygens (including phenoxy) is 2. The molecule has 0 saturated carbocycles. The molecule has 1 N–H and O–H groups in total. The number of nitrogens with zero attached hydrogens (tertiary/aromatic N) is 1. The van der Waals surface area contributed by atoms with Crippen LogP contribution in [0.5, 0.6) is 0 Å². The molecule has 0 aliphatic carbocycles. The van der Waals surface area contributed by atoms with E-state index >= 15 is 0 Å². The maximum absolute atomic E-state index is 5.72. The third kappa shape index (κ3) is 6.28. The summed E-state index contributed by atoms with van der Waals surface area (Å²) in [6.07, 6.45) is -0.361. The van der Waals surface area contributed by atoms with Crippen LogP contribution in [0.1, 0.15) is 30.9 Å². The van der Waals surface area contributed by atoms with E-state index in [1.165, 1.54) is 11.1 Å². The number of hydrogen-bond donors (Lipinski definition) is 1. The van der Waals surface area contributed by atoms with Gasteiger partial charge in [-0.2, -0.15) is 0 Å². The lowest BCUT2D eigenvalue weighted by Gasteiger charge is -2.23. The molecule has 0 saturated heterocycles. The third-order valence-corrected chi connectivity index (χ3v) is 4.70. The molecule has 3 aromatic carbocycles. The minimum absolute atomic E-state index is 0.0310. The quantitative estimate of drug-likeness (QED) is 0.268. The van der Waals surface area contributed by atoms with Gasteiger partial charge in [-0.15, -0.1) is 0 Å². The lowest BCUT2D eigenvalue weighted by Crippen LogP contribution is -2.27. The van der Waals surface area contributed by atoms with Crippen LogP contribution in [0, 0.1) is 0 Å². The van der Waals surface area contributed by atoms with Crippen molar-refractivity contribution in [3.8, 4) is 0 Å². The van der Waals surface area contributed by atoms with E-state index < -0.39 is 0 Å². The summed E-state index contributed by atoms with van der Waals surface area (Å²) in [5.74, 6) is 0.833. The van der Waals surface area contributed by atoms with Crippen LogP contribution in [0.15, 0.2) is 96.0 Å². The van der Waals surface area contributed by atoms with Gasteiger partial charge in [-0.25, -0.2) is 0 Å². The van der Waals surface area contributed by atoms with E-state index in [4.69, 9.17) is 14.5 Å². The average Bonchev–Trinajstić information content (AvgIpc) is 2.80. The highest BCUT2D eigenvalue weighted by Gasteiger charge is 2.21. The van der Waals surface area contributed by atoms with E-state index in [0.717, 1.165) is 11.5 Å². The molecule has 0 aromatic heterocycles. The van der Waals surface area contributed by atoms with Gasteiger partial charge in [-0.3, -0.25) is 4.99 Å². The Kier molecular flexibility index (Phi) is 8.63. The maximum Gasteiger partial charge on any atom is 0.176 e. The molecule has 0 unspecified atom stereocenters. The standard InChI is InChI=1S/C26H30N2O2/c1-3-29-24(30-4-2)20-27-26(28-23-18-12-7-13-19-23)25(21-14-8-5-9-15-21)22-16-10-6-11-17-22/h5-19,24-25H,3-4,20H2,1-2H3,(H,27,28). The largest absolute Gasteiger partial charge is 0.351 e. The second-order valence-electron chi connectivity index (χ2n) is 6.81. The molecule has 0 fully saturated rings. The third-order valence-electron chi connectivity index (χ3n) is 4.70. The number of benzene rings is 3. The van der Waals surface area contributed by atoms with Crippen LogP contribution in [-0.2, 0) is 9.47 Å². The highest BCUT2D eigenvalue weighted by molar-refractivity contribution is 6.02. The molecule has 0 aliphatic rings. The summed E-state index contributed by atoms with van der Waals surface area (Å²) in [5.41, 5.74) is 3.35. The van der Waals surface area contributed by atoms with Crippen molar-refractivity contribution < 1.29 is 9.47 Å². The zero-order chi connectivity index (χ0) is 21.0. The lowest BCUT2D eigenvalue weighted by molar-refractivity contribution is -0.128. The highest BCUT2D eigenvalue weighted by Crippen LogP contribution is 2.27. The summed E-state index contributed by atoms with van der Waals surface area (Å²) in [7, 11) is 0. The van der Waals surface area contributed by atoms with Gasteiger partial charge in [0.15, 0.2) is 6.29 Å². The molecule has 156 valence electrons. The van der Waals surface area contributed by atoms with Crippen LogP contribution >= 0.6 is 0 Å². The van der Waals surface area contributed by atoms with E-state index in [9.17, 15) is 0 Å². The molecule has 30 heavy (non-hydrogen) atoms. The Morgan fingerprint density at radius 1 is 0.733 bits per heavy atom. The molecule has 0 aliphatic heterocycles. The van der Waals surface area contributed by atoms with Crippen molar-refractivity contribution in [2.45, 2.75) is 26.1 Å². The van der Waals surface area contributed by atoms with Gasteiger partial charge in [-0.1, -0.05) is 78.9 Å². The number of anilines is 1. The van der Waals surface area contributed by atoms with Crippen molar-refractivity contribution >= 4 is 11.5 Å². The highest BCUT2D eigenvalue weighted by atomic mass is 16.7. The summed E-state index contributed by atoms with van der Waals surface area (Å²) in [4.78, 5) is 4.97. The Bertz CT molecular complexity index is 837. The Balaban J connectivity index is 2.01. The van der Waals surface area contributed by atoms with Crippen molar-refractivity contribution in [3.63, 3.8) is 0 Å². The van der Waals surface area contributed by atoms with Crippen LogP contribution in [0.2, 0.25) is 0 Å². The van der Waals surface area contributed by atoms with Crippen LogP contribution in [-0.4, -0.2) is 31.9 Å². The van der Waals surface area contributed by atoms with Crippen molar-refractivity contribution in [1.82, 2.24) is 0 Å². The van der Waals surface area contributed by atoms with Crippen molar-refractivity contribution in [2.24, 2.45) is 4.99 Å². The molecule has 0 bridgehead atoms. The van der Waals surface area contributed by atoms with Crippen molar-refractivity contribution in [2.75, 3.05) is 25.1 Å². The molecule has 0 atom stereocenters. The van der Waals surface area contributed by atoms with E-state index in [1.54, 1.807) is 0 Å². The van der Waals surface area contributed by atoms with E-state index in [0.29, 0.717) is 19.8 Å². The predicted octanol–water partition coefficient (Wildman–Crippen LogP) is 5.73. The van der Waals surface area contributed by atoms with Crippen molar-refractivity contribution in [1.29, 1.82) is 0 Å². The number of nitrogens with one attached hydrogen (secondary N) is 1. The van der Waals surface area contributed by atoms with Crippen LogP contribution in [0.3, 0.4) is 0 Å². The molecular weight excluding hydrogens is 372 g/mol. The summed E-state index contributed by atoms with van der Waals surface area (Å²) < 4.78 is 11.4. The predicted molar refractivity (Wildman–Crippen MR) is 124 cm³/mol. The lowest BCUT2D eigenvalue weighted by atomic mass is 9.90. The maximum atomic E-state index is 5.72. The second kappa shape index (κ2) is 11.9. The molecule has 0 radical (unpaired) electrons. The first-order valence-corrected chi connectivity index (χ1v) is 10.5. The molecule has 0 spiro atoms. The number of para-hydroxylation sites is 1. The normalized spacial score (nSPS) is 11.8. The topological polar surface area (TPSA) is 42.8 Å². The molecule has 4 heteroatoms. The average molecular weight is 403 g/mol. The van der Waals surface area contributed by atoms with Gasteiger partial charge in [0.1, 0.15) is 5.84 Å². The van der Waals surface area contributed by atoms with Gasteiger partial charge >= 0.3 is 0 Å². The van der Waals surface area contributed by atoms with E-state index in [1.807, 2.05) is 56.3 Å². The molecule has 4 nitrogen and oxygen atoms in total. The molecule has 0 heterocycles. The summed E-state index contributed by atoms with van der Waals surface area (Å²) in [5, 5.41) is 3.55. The fourth-order valence-corrected chi connectivity index (χ4v) is 3.37. The van der Waals surface area contributed by atoms with Crippen LogP contribution < -0.4 is 5.32 Å². The zero-order valence-corrected chi connectivity index (χ0v) is 17.7. The second-order valence-corrected chi connectivity index (χ2v) is 6.81. The number of aliphatic imine (C=N–C) groups is 1. The number of amidine groups is 1. The fourth-order valence-electron chi connectivity index (χ4n) is 3.37. The first-order chi connectivity index (χ1) is 14.8. The Morgan fingerprint density at radius 2 is 1.20 bits per heavy atom. The van der Waals surface area contributed by atoms with Gasteiger partial charge in [-0.05, 0) is 37.1 Å². The zero-order valence-electron chi connectivity index (χ0n) is 17.7. The number of hydrogen-bond acceptors (Lipinski definition) is 3. The molecule has 3 aromatic rings. The van der Waals surface area contributed by atoms with Gasteiger partial charge < -0.3 is 14.8 Å². The first-order valence-electron chi connectivity index (χ1n) is 10.5. The minimum Gasteiger partial charge on any atom is -0.351 e. The fraction of sp³-hybridized carbons (Fsp3) is 0.269. The Labute approximate surface area is 179 Å². The summed E-state index contributed by atoms with van der Waals surface area (Å²) >= 11 is 0. The molecular formula is C26H30N2O2. The van der Waals surface area contributed by atoms with Gasteiger partial charge in [0.25, 0.3) is 0 Å². The van der Waals surface area contributed by atoms with Gasteiger partial charge in [0.2, 0.25) is 0 Å².